The molecule has 0 radical (unpaired) electrons. The molecular formula is C12H14BrFO. The number of rotatable bonds is 3. The fourth-order valence-electron chi connectivity index (χ4n) is 1.20. The maximum atomic E-state index is 13.7. The quantitative estimate of drug-likeness (QED) is 0.754. The lowest BCUT2D eigenvalue weighted by atomic mass is 9.82. The summed E-state index contributed by atoms with van der Waals surface area (Å²) in [6, 6.07) is 4.79. The summed E-state index contributed by atoms with van der Waals surface area (Å²) in [7, 11) is 0. The molecule has 1 nitrogen and oxygen atoms in total. The fourth-order valence-corrected chi connectivity index (χ4v) is 1.57. The molecule has 0 unspecified atom stereocenters. The molecule has 15 heavy (non-hydrogen) atoms. The third-order valence-corrected chi connectivity index (χ3v) is 3.31. The number of hydrogen-bond donors (Lipinski definition) is 0. The van der Waals surface area contributed by atoms with E-state index in [1.54, 1.807) is 12.1 Å². The average molecular weight is 273 g/mol. The molecule has 3 heteroatoms. The van der Waals surface area contributed by atoms with Crippen molar-refractivity contribution < 1.29 is 9.18 Å². The summed E-state index contributed by atoms with van der Waals surface area (Å²) in [6.45, 7) is 5.58. The molecule has 0 fully saturated rings. The van der Waals surface area contributed by atoms with E-state index in [-0.39, 0.29) is 11.3 Å². The van der Waals surface area contributed by atoms with Crippen molar-refractivity contribution in [2.24, 2.45) is 5.41 Å². The number of ketones is 1. The highest BCUT2D eigenvalue weighted by Gasteiger charge is 2.28. The van der Waals surface area contributed by atoms with E-state index < -0.39 is 11.2 Å². The van der Waals surface area contributed by atoms with Gasteiger partial charge in [0.2, 0.25) is 0 Å². The molecule has 0 spiro atoms. The van der Waals surface area contributed by atoms with Crippen molar-refractivity contribution in [1.29, 1.82) is 0 Å². The minimum absolute atomic E-state index is 0.149. The smallest absolute Gasteiger partial charge is 0.171 e. The van der Waals surface area contributed by atoms with Gasteiger partial charge in [0.25, 0.3) is 0 Å². The molecule has 0 heterocycles. The number of benzene rings is 1. The Morgan fingerprint density at radius 2 is 2.07 bits per heavy atom. The van der Waals surface area contributed by atoms with Crippen LogP contribution in [0, 0.1) is 11.2 Å². The van der Waals surface area contributed by atoms with Crippen LogP contribution in [0.2, 0.25) is 0 Å². The monoisotopic (exact) mass is 272 g/mol. The first kappa shape index (κ1) is 12.4. The summed E-state index contributed by atoms with van der Waals surface area (Å²) >= 11 is 3.08. The Balaban J connectivity index is 3.18. The molecule has 0 aliphatic heterocycles. The summed E-state index contributed by atoms with van der Waals surface area (Å²) in [5, 5.41) is 0. The first-order chi connectivity index (χ1) is 6.90. The van der Waals surface area contributed by atoms with Crippen LogP contribution in [0.3, 0.4) is 0 Å². The topological polar surface area (TPSA) is 17.1 Å². The van der Waals surface area contributed by atoms with Crippen molar-refractivity contribution in [2.75, 3.05) is 0 Å². The number of carbonyl (C=O) groups is 1. The highest BCUT2D eigenvalue weighted by atomic mass is 79.9. The van der Waals surface area contributed by atoms with E-state index in [1.165, 1.54) is 6.07 Å². The van der Waals surface area contributed by atoms with Gasteiger partial charge in [-0.1, -0.05) is 26.8 Å². The van der Waals surface area contributed by atoms with Gasteiger partial charge in [0.05, 0.1) is 10.0 Å². The van der Waals surface area contributed by atoms with Crippen molar-refractivity contribution in [3.8, 4) is 0 Å². The first-order valence-corrected chi connectivity index (χ1v) is 5.68. The van der Waals surface area contributed by atoms with Crippen LogP contribution in [0.25, 0.3) is 0 Å². The zero-order valence-corrected chi connectivity index (χ0v) is 10.7. The van der Waals surface area contributed by atoms with Crippen molar-refractivity contribution in [2.45, 2.75) is 27.2 Å². The van der Waals surface area contributed by atoms with E-state index in [2.05, 4.69) is 15.9 Å². The van der Waals surface area contributed by atoms with Crippen LogP contribution in [-0.2, 0) is 0 Å². The maximum Gasteiger partial charge on any atom is 0.171 e. The molecule has 0 atom stereocenters. The van der Waals surface area contributed by atoms with Gasteiger partial charge in [0.15, 0.2) is 5.78 Å². The van der Waals surface area contributed by atoms with Gasteiger partial charge in [-0.15, -0.1) is 0 Å². The predicted molar refractivity (Wildman–Crippen MR) is 62.5 cm³/mol. The Labute approximate surface area is 97.8 Å². The van der Waals surface area contributed by atoms with Crippen LogP contribution in [-0.4, -0.2) is 5.78 Å². The highest BCUT2D eigenvalue weighted by Crippen LogP contribution is 2.28. The van der Waals surface area contributed by atoms with E-state index in [9.17, 15) is 9.18 Å². The van der Waals surface area contributed by atoms with Gasteiger partial charge >= 0.3 is 0 Å². The van der Waals surface area contributed by atoms with Gasteiger partial charge in [-0.3, -0.25) is 4.79 Å². The molecule has 82 valence electrons. The third kappa shape index (κ3) is 2.46. The lowest BCUT2D eigenvalue weighted by Crippen LogP contribution is -2.24. The normalized spacial score (nSPS) is 11.5. The molecule has 0 N–H and O–H groups in total. The van der Waals surface area contributed by atoms with Crippen molar-refractivity contribution in [1.82, 2.24) is 0 Å². The Hall–Kier alpha value is -0.700. The Morgan fingerprint density at radius 3 is 2.60 bits per heavy atom. The Morgan fingerprint density at radius 1 is 1.47 bits per heavy atom. The van der Waals surface area contributed by atoms with E-state index in [4.69, 9.17) is 0 Å². The van der Waals surface area contributed by atoms with Gasteiger partial charge in [-0.25, -0.2) is 4.39 Å². The molecule has 0 amide bonds. The molecular weight excluding hydrogens is 259 g/mol. The molecule has 1 aromatic carbocycles. The van der Waals surface area contributed by atoms with Gasteiger partial charge in [0.1, 0.15) is 5.82 Å². The number of carbonyl (C=O) groups excluding carboxylic acids is 1. The summed E-state index contributed by atoms with van der Waals surface area (Å²) in [5.41, 5.74) is -0.349. The lowest BCUT2D eigenvalue weighted by molar-refractivity contribution is 0.0828. The molecule has 0 aliphatic carbocycles. The van der Waals surface area contributed by atoms with Crippen LogP contribution in [0.1, 0.15) is 37.6 Å². The van der Waals surface area contributed by atoms with E-state index >= 15 is 0 Å². The van der Waals surface area contributed by atoms with Gasteiger partial charge in [-0.05, 0) is 34.5 Å². The van der Waals surface area contributed by atoms with Crippen molar-refractivity contribution in [3.05, 3.63) is 34.1 Å². The average Bonchev–Trinajstić information content (AvgIpc) is 2.21. The fraction of sp³-hybridized carbons (Fsp3) is 0.417. The summed E-state index contributed by atoms with van der Waals surface area (Å²) in [5.74, 6) is -0.618. The summed E-state index contributed by atoms with van der Waals surface area (Å²) < 4.78 is 14.0. The maximum absolute atomic E-state index is 13.7. The number of Topliss-reactive ketones (excluding diaryl/α,β-unsaturated/α-hetero) is 1. The minimum Gasteiger partial charge on any atom is -0.293 e. The molecule has 0 aliphatic rings. The minimum atomic E-state index is -0.512. The van der Waals surface area contributed by atoms with Gasteiger partial charge in [0, 0.05) is 5.41 Å². The molecule has 0 saturated carbocycles. The highest BCUT2D eigenvalue weighted by molar-refractivity contribution is 9.10. The van der Waals surface area contributed by atoms with Crippen LogP contribution in [0.4, 0.5) is 4.39 Å². The second-order valence-corrected chi connectivity index (χ2v) is 5.02. The Kier molecular flexibility index (Phi) is 3.66. The van der Waals surface area contributed by atoms with Crippen molar-refractivity contribution in [3.63, 3.8) is 0 Å². The summed E-state index contributed by atoms with van der Waals surface area (Å²) in [4.78, 5) is 12.0. The van der Waals surface area contributed by atoms with E-state index in [1.807, 2.05) is 20.8 Å². The second-order valence-electron chi connectivity index (χ2n) is 4.17. The van der Waals surface area contributed by atoms with E-state index in [0.29, 0.717) is 10.9 Å². The second kappa shape index (κ2) is 4.44. The van der Waals surface area contributed by atoms with Gasteiger partial charge < -0.3 is 0 Å². The molecule has 1 aromatic rings. The lowest BCUT2D eigenvalue weighted by Gasteiger charge is -2.21. The number of halogens is 2. The standard InChI is InChI=1S/C12H14BrFO/c1-4-12(2,3)11(15)8-6-5-7-9(13)10(8)14/h5-7H,4H2,1-3H3. The van der Waals surface area contributed by atoms with Crippen molar-refractivity contribution >= 4 is 21.7 Å². The van der Waals surface area contributed by atoms with E-state index in [0.717, 1.165) is 0 Å². The predicted octanol–water partition coefficient (Wildman–Crippen LogP) is 4.21. The van der Waals surface area contributed by atoms with Crippen LogP contribution >= 0.6 is 15.9 Å². The van der Waals surface area contributed by atoms with Gasteiger partial charge in [-0.2, -0.15) is 0 Å². The Bertz CT molecular complexity index is 385. The largest absolute Gasteiger partial charge is 0.293 e. The SMILES string of the molecule is CCC(C)(C)C(=O)c1cccc(Br)c1F. The zero-order valence-electron chi connectivity index (χ0n) is 9.10. The van der Waals surface area contributed by atoms with Crippen LogP contribution in [0.5, 0.6) is 0 Å². The third-order valence-electron chi connectivity index (χ3n) is 2.69. The molecule has 0 aromatic heterocycles. The van der Waals surface area contributed by atoms with Crippen LogP contribution in [0.15, 0.2) is 22.7 Å². The number of hydrogen-bond acceptors (Lipinski definition) is 1. The molecule has 0 saturated heterocycles. The zero-order chi connectivity index (χ0) is 11.6. The first-order valence-electron chi connectivity index (χ1n) is 4.89. The molecule has 1 rings (SSSR count). The van der Waals surface area contributed by atoms with Crippen LogP contribution < -0.4 is 0 Å². The molecule has 0 bridgehead atoms. The summed E-state index contributed by atoms with van der Waals surface area (Å²) in [6.07, 6.45) is 0.692.